The maximum absolute atomic E-state index is 9.00. The topological polar surface area (TPSA) is 35.8 Å². The largest absolute Gasteiger partial charge is 0.380 e. The molecule has 0 bridgehead atoms. The normalized spacial score (nSPS) is 24.1. The summed E-state index contributed by atoms with van der Waals surface area (Å²) in [6, 6.07) is 8.54. The summed E-state index contributed by atoms with van der Waals surface area (Å²) >= 11 is 8.38. The molecule has 0 amide bonds. The van der Waals surface area contributed by atoms with Crippen LogP contribution in [0.1, 0.15) is 19.3 Å². The smallest absolute Gasteiger partial charge is 0.0677 e. The second-order valence-electron chi connectivity index (χ2n) is 4.04. The fourth-order valence-corrected chi connectivity index (χ4v) is 3.00. The Morgan fingerprint density at radius 3 is 2.94 bits per heavy atom. The fraction of sp³-hybridized carbons (Fsp3) is 0.417. The molecule has 4 heteroatoms. The van der Waals surface area contributed by atoms with Crippen molar-refractivity contribution in [2.24, 2.45) is 5.92 Å². The Labute approximate surface area is 114 Å². The van der Waals surface area contributed by atoms with Crippen LogP contribution in [0, 0.1) is 20.8 Å². The molecule has 1 aromatic rings. The van der Waals surface area contributed by atoms with Gasteiger partial charge in [0.25, 0.3) is 0 Å². The molecule has 0 heterocycles. The molecule has 1 aliphatic rings. The van der Waals surface area contributed by atoms with Gasteiger partial charge in [-0.1, -0.05) is 11.6 Å². The Hall–Kier alpha value is -0.470. The van der Waals surface area contributed by atoms with Crippen LogP contribution in [0.2, 0.25) is 5.02 Å². The quantitative estimate of drug-likeness (QED) is 0.820. The SMILES string of the molecule is N#CC1CCCC1Nc1ccc(I)cc1Cl. The molecule has 84 valence electrons. The van der Waals surface area contributed by atoms with Gasteiger partial charge in [-0.05, 0) is 60.1 Å². The molecule has 1 fully saturated rings. The maximum Gasteiger partial charge on any atom is 0.0677 e. The molecular formula is C12H12ClIN2. The molecule has 2 atom stereocenters. The molecule has 1 saturated carbocycles. The van der Waals surface area contributed by atoms with E-state index in [4.69, 9.17) is 16.9 Å². The maximum atomic E-state index is 9.00. The second kappa shape index (κ2) is 5.24. The van der Waals surface area contributed by atoms with Gasteiger partial charge in [-0.15, -0.1) is 0 Å². The summed E-state index contributed by atoms with van der Waals surface area (Å²) in [4.78, 5) is 0. The van der Waals surface area contributed by atoms with E-state index in [-0.39, 0.29) is 12.0 Å². The molecule has 2 rings (SSSR count). The van der Waals surface area contributed by atoms with E-state index in [1.54, 1.807) is 0 Å². The predicted octanol–water partition coefficient (Wildman–Crippen LogP) is 4.05. The standard InChI is InChI=1S/C12H12ClIN2/c13-10-6-9(14)4-5-12(10)16-11-3-1-2-8(11)7-15/h4-6,8,11,16H,1-3H2. The van der Waals surface area contributed by atoms with Crippen LogP contribution in [0.25, 0.3) is 0 Å². The van der Waals surface area contributed by atoms with E-state index in [0.29, 0.717) is 0 Å². The van der Waals surface area contributed by atoms with E-state index in [9.17, 15) is 0 Å². The average Bonchev–Trinajstić information content (AvgIpc) is 2.69. The summed E-state index contributed by atoms with van der Waals surface area (Å²) in [5.41, 5.74) is 0.939. The van der Waals surface area contributed by atoms with Gasteiger partial charge in [0.1, 0.15) is 0 Å². The highest BCUT2D eigenvalue weighted by molar-refractivity contribution is 14.1. The lowest BCUT2D eigenvalue weighted by atomic mass is 10.1. The van der Waals surface area contributed by atoms with E-state index in [2.05, 4.69) is 34.0 Å². The summed E-state index contributed by atoms with van der Waals surface area (Å²) in [5, 5.41) is 13.1. The van der Waals surface area contributed by atoms with E-state index in [0.717, 1.165) is 33.5 Å². The minimum Gasteiger partial charge on any atom is -0.380 e. The van der Waals surface area contributed by atoms with Gasteiger partial charge >= 0.3 is 0 Å². The number of hydrogen-bond donors (Lipinski definition) is 1. The van der Waals surface area contributed by atoms with Gasteiger partial charge in [-0.2, -0.15) is 5.26 Å². The molecule has 1 N–H and O–H groups in total. The summed E-state index contributed by atoms with van der Waals surface area (Å²) < 4.78 is 1.12. The van der Waals surface area contributed by atoms with Gasteiger partial charge in [0.2, 0.25) is 0 Å². The first-order valence-electron chi connectivity index (χ1n) is 5.32. The molecule has 0 aromatic heterocycles. The van der Waals surface area contributed by atoms with Gasteiger partial charge in [-0.25, -0.2) is 0 Å². The van der Waals surface area contributed by atoms with Crippen LogP contribution in [0.4, 0.5) is 5.69 Å². The first-order chi connectivity index (χ1) is 7.70. The van der Waals surface area contributed by atoms with E-state index < -0.39 is 0 Å². The first kappa shape index (κ1) is 12.0. The zero-order valence-corrected chi connectivity index (χ0v) is 11.6. The van der Waals surface area contributed by atoms with Gasteiger partial charge in [-0.3, -0.25) is 0 Å². The highest BCUT2D eigenvalue weighted by Gasteiger charge is 2.27. The number of halogens is 2. The lowest BCUT2D eigenvalue weighted by Crippen LogP contribution is -2.22. The highest BCUT2D eigenvalue weighted by Crippen LogP contribution is 2.31. The minimum atomic E-state index is 0.121. The van der Waals surface area contributed by atoms with Crippen molar-refractivity contribution in [2.45, 2.75) is 25.3 Å². The number of benzene rings is 1. The zero-order chi connectivity index (χ0) is 11.5. The fourth-order valence-electron chi connectivity index (χ4n) is 2.09. The van der Waals surface area contributed by atoms with Crippen molar-refractivity contribution in [3.05, 3.63) is 26.8 Å². The van der Waals surface area contributed by atoms with Crippen LogP contribution >= 0.6 is 34.2 Å². The van der Waals surface area contributed by atoms with Crippen LogP contribution in [0.5, 0.6) is 0 Å². The third kappa shape index (κ3) is 2.61. The number of nitriles is 1. The number of nitrogens with zero attached hydrogens (tertiary/aromatic N) is 1. The molecule has 1 aliphatic carbocycles. The number of hydrogen-bond acceptors (Lipinski definition) is 2. The predicted molar refractivity (Wildman–Crippen MR) is 74.5 cm³/mol. The Kier molecular flexibility index (Phi) is 3.93. The Morgan fingerprint density at radius 1 is 1.44 bits per heavy atom. The van der Waals surface area contributed by atoms with Crippen LogP contribution < -0.4 is 5.32 Å². The lowest BCUT2D eigenvalue weighted by molar-refractivity contribution is 0.630. The molecule has 16 heavy (non-hydrogen) atoms. The molecule has 0 spiro atoms. The van der Waals surface area contributed by atoms with Crippen LogP contribution in [0.3, 0.4) is 0 Å². The summed E-state index contributed by atoms with van der Waals surface area (Å²) in [6.45, 7) is 0. The molecule has 1 aromatic carbocycles. The average molecular weight is 347 g/mol. The van der Waals surface area contributed by atoms with E-state index in [1.165, 1.54) is 0 Å². The molecule has 0 saturated heterocycles. The summed E-state index contributed by atoms with van der Waals surface area (Å²) in [5.74, 6) is 0.121. The van der Waals surface area contributed by atoms with Crippen molar-refractivity contribution in [3.8, 4) is 6.07 Å². The third-order valence-electron chi connectivity index (χ3n) is 2.95. The Bertz CT molecular complexity index is 428. The monoisotopic (exact) mass is 346 g/mol. The van der Waals surface area contributed by atoms with Gasteiger partial charge < -0.3 is 5.32 Å². The first-order valence-corrected chi connectivity index (χ1v) is 6.77. The van der Waals surface area contributed by atoms with Gasteiger partial charge in [0.05, 0.1) is 22.7 Å². The molecular weight excluding hydrogens is 335 g/mol. The summed E-state index contributed by atoms with van der Waals surface area (Å²) in [7, 11) is 0. The van der Waals surface area contributed by atoms with Crippen molar-refractivity contribution >= 4 is 39.9 Å². The minimum absolute atomic E-state index is 0.121. The van der Waals surface area contributed by atoms with Crippen LogP contribution in [0.15, 0.2) is 18.2 Å². The van der Waals surface area contributed by atoms with Crippen molar-refractivity contribution in [1.29, 1.82) is 5.26 Å². The second-order valence-corrected chi connectivity index (χ2v) is 5.69. The van der Waals surface area contributed by atoms with Crippen LogP contribution in [-0.4, -0.2) is 6.04 Å². The van der Waals surface area contributed by atoms with Crippen molar-refractivity contribution in [2.75, 3.05) is 5.32 Å². The van der Waals surface area contributed by atoms with E-state index in [1.807, 2.05) is 18.2 Å². The zero-order valence-electron chi connectivity index (χ0n) is 8.71. The summed E-state index contributed by atoms with van der Waals surface area (Å²) in [6.07, 6.45) is 3.18. The molecule has 0 aliphatic heterocycles. The van der Waals surface area contributed by atoms with Gasteiger partial charge in [0.15, 0.2) is 0 Å². The van der Waals surface area contributed by atoms with Crippen molar-refractivity contribution < 1.29 is 0 Å². The van der Waals surface area contributed by atoms with Gasteiger partial charge in [0, 0.05) is 9.61 Å². The number of rotatable bonds is 2. The molecule has 2 nitrogen and oxygen atoms in total. The third-order valence-corrected chi connectivity index (χ3v) is 3.94. The highest BCUT2D eigenvalue weighted by atomic mass is 127. The molecule has 2 unspecified atom stereocenters. The Balaban J connectivity index is 2.12. The lowest BCUT2D eigenvalue weighted by Gasteiger charge is -2.18. The van der Waals surface area contributed by atoms with Crippen molar-refractivity contribution in [1.82, 2.24) is 0 Å². The van der Waals surface area contributed by atoms with Crippen molar-refractivity contribution in [3.63, 3.8) is 0 Å². The number of anilines is 1. The number of nitrogens with one attached hydrogen (secondary N) is 1. The molecule has 0 radical (unpaired) electrons. The van der Waals surface area contributed by atoms with E-state index >= 15 is 0 Å². The van der Waals surface area contributed by atoms with Crippen LogP contribution in [-0.2, 0) is 0 Å². The Morgan fingerprint density at radius 2 is 2.25 bits per heavy atom.